The van der Waals surface area contributed by atoms with Crippen molar-refractivity contribution in [2.45, 2.75) is 20.3 Å². The molecule has 1 atom stereocenters. The van der Waals surface area contributed by atoms with Gasteiger partial charge in [-0.05, 0) is 13.3 Å². The maximum Gasteiger partial charge on any atom is 0.232 e. The molecule has 0 radical (unpaired) electrons. The number of rotatable bonds is 4. The van der Waals surface area contributed by atoms with Crippen LogP contribution in [0.25, 0.3) is 0 Å². The molecule has 1 rings (SSSR count). The first-order valence-electron chi connectivity index (χ1n) is 4.41. The SMILES string of the molecule is CCC(C)(CN)C(=O)Nc1cnns1. The highest BCUT2D eigenvalue weighted by Gasteiger charge is 2.29. The lowest BCUT2D eigenvalue weighted by molar-refractivity contribution is -0.124. The minimum Gasteiger partial charge on any atom is -0.329 e. The van der Waals surface area contributed by atoms with E-state index in [1.807, 2.05) is 13.8 Å². The summed E-state index contributed by atoms with van der Waals surface area (Å²) in [5.74, 6) is -0.0754. The summed E-state index contributed by atoms with van der Waals surface area (Å²) >= 11 is 1.15. The van der Waals surface area contributed by atoms with Gasteiger partial charge in [0, 0.05) is 18.1 Å². The van der Waals surface area contributed by atoms with Crippen LogP contribution in [0, 0.1) is 5.41 Å². The Labute approximate surface area is 86.9 Å². The Kier molecular flexibility index (Phi) is 3.54. The summed E-state index contributed by atoms with van der Waals surface area (Å²) in [6, 6.07) is 0. The standard InChI is InChI=1S/C8H14N4OS/c1-3-8(2,5-9)7(13)11-6-4-10-12-14-6/h4H,3,5,9H2,1-2H3,(H,11,13). The van der Waals surface area contributed by atoms with E-state index in [9.17, 15) is 4.79 Å². The van der Waals surface area contributed by atoms with E-state index in [1.165, 1.54) is 6.20 Å². The number of carbonyl (C=O) groups excluding carboxylic acids is 1. The summed E-state index contributed by atoms with van der Waals surface area (Å²) in [5.41, 5.74) is 5.05. The highest BCUT2D eigenvalue weighted by molar-refractivity contribution is 7.10. The molecule has 0 aromatic carbocycles. The first-order chi connectivity index (χ1) is 6.62. The van der Waals surface area contributed by atoms with E-state index in [-0.39, 0.29) is 5.91 Å². The lowest BCUT2D eigenvalue weighted by Crippen LogP contribution is -2.39. The van der Waals surface area contributed by atoms with Gasteiger partial charge in [0.1, 0.15) is 5.00 Å². The normalized spacial score (nSPS) is 14.8. The molecule has 0 saturated heterocycles. The summed E-state index contributed by atoms with van der Waals surface area (Å²) in [5, 5.41) is 7.03. The van der Waals surface area contributed by atoms with E-state index in [4.69, 9.17) is 5.73 Å². The average Bonchev–Trinajstić information content (AvgIpc) is 2.69. The van der Waals surface area contributed by atoms with E-state index in [1.54, 1.807) is 0 Å². The summed E-state index contributed by atoms with van der Waals surface area (Å²) in [7, 11) is 0. The summed E-state index contributed by atoms with van der Waals surface area (Å²) < 4.78 is 3.65. The Bertz CT molecular complexity index is 294. The van der Waals surface area contributed by atoms with E-state index >= 15 is 0 Å². The van der Waals surface area contributed by atoms with Gasteiger partial charge in [-0.25, -0.2) is 0 Å². The molecule has 0 aliphatic rings. The second-order valence-corrected chi connectivity index (χ2v) is 4.14. The maximum absolute atomic E-state index is 11.8. The molecule has 78 valence electrons. The molecule has 0 aliphatic heterocycles. The van der Waals surface area contributed by atoms with Crippen LogP contribution in [0.15, 0.2) is 6.20 Å². The zero-order chi connectivity index (χ0) is 10.6. The van der Waals surface area contributed by atoms with Crippen molar-refractivity contribution < 1.29 is 4.79 Å². The molecule has 1 aromatic heterocycles. The van der Waals surface area contributed by atoms with Crippen molar-refractivity contribution in [2.24, 2.45) is 11.1 Å². The van der Waals surface area contributed by atoms with Gasteiger partial charge in [0.25, 0.3) is 0 Å². The number of hydrogen-bond acceptors (Lipinski definition) is 5. The number of carbonyl (C=O) groups is 1. The van der Waals surface area contributed by atoms with Crippen molar-refractivity contribution in [3.05, 3.63) is 6.20 Å². The number of amides is 1. The second kappa shape index (κ2) is 4.47. The molecule has 0 spiro atoms. The van der Waals surface area contributed by atoms with Crippen molar-refractivity contribution in [2.75, 3.05) is 11.9 Å². The van der Waals surface area contributed by atoms with Crippen LogP contribution in [0.3, 0.4) is 0 Å². The third kappa shape index (κ3) is 2.27. The van der Waals surface area contributed by atoms with Gasteiger partial charge in [-0.1, -0.05) is 11.4 Å². The van der Waals surface area contributed by atoms with Crippen molar-refractivity contribution in [1.29, 1.82) is 0 Å². The van der Waals surface area contributed by atoms with Crippen molar-refractivity contribution in [3.8, 4) is 0 Å². The molecule has 0 bridgehead atoms. The molecule has 6 heteroatoms. The zero-order valence-electron chi connectivity index (χ0n) is 8.28. The predicted molar refractivity (Wildman–Crippen MR) is 56.0 cm³/mol. The largest absolute Gasteiger partial charge is 0.329 e. The lowest BCUT2D eigenvalue weighted by atomic mass is 9.87. The fourth-order valence-electron chi connectivity index (χ4n) is 0.883. The third-order valence-electron chi connectivity index (χ3n) is 2.38. The van der Waals surface area contributed by atoms with Gasteiger partial charge >= 0.3 is 0 Å². The molecule has 5 nitrogen and oxygen atoms in total. The first-order valence-corrected chi connectivity index (χ1v) is 5.18. The molecule has 1 heterocycles. The molecular formula is C8H14N4OS. The van der Waals surface area contributed by atoms with Crippen molar-refractivity contribution in [1.82, 2.24) is 9.59 Å². The van der Waals surface area contributed by atoms with Crippen LogP contribution >= 0.6 is 11.5 Å². The molecular weight excluding hydrogens is 200 g/mol. The Balaban J connectivity index is 2.66. The van der Waals surface area contributed by atoms with Crippen LogP contribution in [0.5, 0.6) is 0 Å². The van der Waals surface area contributed by atoms with Gasteiger partial charge in [0.2, 0.25) is 5.91 Å². The Hall–Kier alpha value is -1.01. The number of aromatic nitrogens is 2. The molecule has 14 heavy (non-hydrogen) atoms. The molecule has 0 saturated carbocycles. The predicted octanol–water partition coefficient (Wildman–Crippen LogP) is 0.852. The molecule has 1 amide bonds. The number of nitrogens with zero attached hydrogens (tertiary/aromatic N) is 2. The quantitative estimate of drug-likeness (QED) is 0.778. The molecule has 1 aromatic rings. The van der Waals surface area contributed by atoms with Crippen molar-refractivity contribution in [3.63, 3.8) is 0 Å². The Morgan fingerprint density at radius 1 is 1.79 bits per heavy atom. The molecule has 0 aliphatic carbocycles. The average molecular weight is 214 g/mol. The molecule has 0 fully saturated rings. The molecule has 3 N–H and O–H groups in total. The summed E-state index contributed by atoms with van der Waals surface area (Å²) in [4.78, 5) is 11.8. The van der Waals surface area contributed by atoms with Crippen LogP contribution < -0.4 is 11.1 Å². The summed E-state index contributed by atoms with van der Waals surface area (Å²) in [6.45, 7) is 4.12. The first kappa shape index (κ1) is 11.1. The number of nitrogens with one attached hydrogen (secondary N) is 1. The lowest BCUT2D eigenvalue weighted by Gasteiger charge is -2.24. The third-order valence-corrected chi connectivity index (χ3v) is 2.96. The summed E-state index contributed by atoms with van der Waals surface area (Å²) in [6.07, 6.45) is 2.23. The number of anilines is 1. The van der Waals surface area contributed by atoms with Gasteiger partial charge in [0.15, 0.2) is 0 Å². The number of hydrogen-bond donors (Lipinski definition) is 2. The van der Waals surface area contributed by atoms with Crippen LogP contribution in [-0.2, 0) is 4.79 Å². The van der Waals surface area contributed by atoms with Gasteiger partial charge in [-0.15, -0.1) is 5.10 Å². The van der Waals surface area contributed by atoms with E-state index in [0.29, 0.717) is 18.0 Å². The Morgan fingerprint density at radius 3 is 2.93 bits per heavy atom. The Morgan fingerprint density at radius 2 is 2.50 bits per heavy atom. The number of nitrogens with two attached hydrogens (primary N) is 1. The van der Waals surface area contributed by atoms with E-state index < -0.39 is 5.41 Å². The topological polar surface area (TPSA) is 80.9 Å². The maximum atomic E-state index is 11.8. The highest BCUT2D eigenvalue weighted by Crippen LogP contribution is 2.22. The van der Waals surface area contributed by atoms with E-state index in [0.717, 1.165) is 11.5 Å². The fourth-order valence-corrected chi connectivity index (χ4v) is 1.30. The van der Waals surface area contributed by atoms with E-state index in [2.05, 4.69) is 14.9 Å². The van der Waals surface area contributed by atoms with Crippen molar-refractivity contribution >= 4 is 22.4 Å². The molecule has 1 unspecified atom stereocenters. The zero-order valence-corrected chi connectivity index (χ0v) is 9.10. The van der Waals surface area contributed by atoms with Gasteiger partial charge in [-0.3, -0.25) is 4.79 Å². The monoisotopic (exact) mass is 214 g/mol. The highest BCUT2D eigenvalue weighted by atomic mass is 32.1. The van der Waals surface area contributed by atoms with Gasteiger partial charge in [0.05, 0.1) is 11.6 Å². The van der Waals surface area contributed by atoms with Crippen LogP contribution in [0.1, 0.15) is 20.3 Å². The van der Waals surface area contributed by atoms with Gasteiger partial charge < -0.3 is 11.1 Å². The van der Waals surface area contributed by atoms with Crippen LogP contribution in [-0.4, -0.2) is 22.0 Å². The minimum atomic E-state index is -0.510. The van der Waals surface area contributed by atoms with Crippen LogP contribution in [0.4, 0.5) is 5.00 Å². The smallest absolute Gasteiger partial charge is 0.232 e. The fraction of sp³-hybridized carbons (Fsp3) is 0.625. The van der Waals surface area contributed by atoms with Crippen LogP contribution in [0.2, 0.25) is 0 Å². The second-order valence-electron chi connectivity index (χ2n) is 3.35. The van der Waals surface area contributed by atoms with Gasteiger partial charge in [-0.2, -0.15) is 0 Å². The minimum absolute atomic E-state index is 0.0754.